The third-order valence-corrected chi connectivity index (χ3v) is 2.94. The number of hydrogen-bond acceptors (Lipinski definition) is 3. The second kappa shape index (κ2) is 4.47. The highest BCUT2D eigenvalue weighted by Crippen LogP contribution is 2.30. The van der Waals surface area contributed by atoms with Gasteiger partial charge in [0.05, 0.1) is 5.70 Å². The number of carbonyl (C=O) groups excluding carboxylic acids is 1. The Bertz CT molecular complexity index is 423. The van der Waals surface area contributed by atoms with E-state index in [1.165, 1.54) is 5.57 Å². The van der Waals surface area contributed by atoms with Crippen LogP contribution >= 0.6 is 0 Å². The molecule has 3 heteroatoms. The maximum Gasteiger partial charge on any atom is 0.182 e. The smallest absolute Gasteiger partial charge is 0.182 e. The van der Waals surface area contributed by atoms with Crippen LogP contribution in [0.25, 0.3) is 0 Å². The summed E-state index contributed by atoms with van der Waals surface area (Å²) in [4.78, 5) is 16.1. The van der Waals surface area contributed by atoms with E-state index in [9.17, 15) is 4.79 Å². The molecule has 1 atom stereocenters. The lowest BCUT2D eigenvalue weighted by Gasteiger charge is -2.07. The molecular formula is C13H16N2O. The van der Waals surface area contributed by atoms with Gasteiger partial charge in [0.15, 0.2) is 5.78 Å². The van der Waals surface area contributed by atoms with Crippen LogP contribution in [0.5, 0.6) is 0 Å². The molecule has 1 aliphatic rings. The molecule has 84 valence electrons. The van der Waals surface area contributed by atoms with E-state index in [4.69, 9.17) is 0 Å². The summed E-state index contributed by atoms with van der Waals surface area (Å²) in [6.07, 6.45) is 3.52. The second-order valence-electron chi connectivity index (χ2n) is 4.14. The molecule has 0 amide bonds. The molecule has 1 aromatic rings. The van der Waals surface area contributed by atoms with Crippen LogP contribution < -0.4 is 5.32 Å². The third kappa shape index (κ3) is 1.98. The molecule has 1 aliphatic carbocycles. The van der Waals surface area contributed by atoms with Crippen molar-refractivity contribution in [3.63, 3.8) is 0 Å². The number of anilines is 1. The van der Waals surface area contributed by atoms with E-state index in [1.54, 1.807) is 6.20 Å². The predicted octanol–water partition coefficient (Wildman–Crippen LogP) is 2.77. The number of nitrogens with one attached hydrogen (secondary N) is 1. The third-order valence-electron chi connectivity index (χ3n) is 2.94. The number of nitrogens with zero attached hydrogens (tertiary/aromatic N) is 1. The van der Waals surface area contributed by atoms with E-state index < -0.39 is 0 Å². The zero-order chi connectivity index (χ0) is 11.5. The van der Waals surface area contributed by atoms with Crippen molar-refractivity contribution < 1.29 is 4.79 Å². The van der Waals surface area contributed by atoms with E-state index in [-0.39, 0.29) is 11.7 Å². The van der Waals surface area contributed by atoms with E-state index in [2.05, 4.69) is 17.2 Å². The molecule has 0 aliphatic heterocycles. The Balaban J connectivity index is 2.23. The first-order chi connectivity index (χ1) is 7.72. The van der Waals surface area contributed by atoms with Crippen LogP contribution in [0.1, 0.15) is 26.7 Å². The second-order valence-corrected chi connectivity index (χ2v) is 4.14. The molecule has 0 saturated carbocycles. The average Bonchev–Trinajstić information content (AvgIpc) is 2.58. The Hall–Kier alpha value is -1.64. The van der Waals surface area contributed by atoms with E-state index in [0.29, 0.717) is 0 Å². The van der Waals surface area contributed by atoms with Crippen LogP contribution in [0.15, 0.2) is 35.7 Å². The highest BCUT2D eigenvalue weighted by molar-refractivity contribution is 6.02. The summed E-state index contributed by atoms with van der Waals surface area (Å²) in [7, 11) is 0. The van der Waals surface area contributed by atoms with E-state index >= 15 is 0 Å². The Morgan fingerprint density at radius 2 is 2.31 bits per heavy atom. The fraction of sp³-hybridized carbons (Fsp3) is 0.385. The number of pyridine rings is 1. The number of hydrogen-bond donors (Lipinski definition) is 1. The SMILES string of the molecule is CCC1=C(Nc2ccccn2)C(=O)[C@H](C)C1. The van der Waals surface area contributed by atoms with Gasteiger partial charge in [-0.05, 0) is 30.5 Å². The molecule has 0 fully saturated rings. The van der Waals surface area contributed by atoms with Gasteiger partial charge in [0.1, 0.15) is 5.82 Å². The van der Waals surface area contributed by atoms with Crippen LogP contribution in [0.2, 0.25) is 0 Å². The maximum atomic E-state index is 11.9. The number of ketones is 1. The van der Waals surface area contributed by atoms with Crippen molar-refractivity contribution >= 4 is 11.6 Å². The van der Waals surface area contributed by atoms with Crippen LogP contribution in [-0.2, 0) is 4.79 Å². The molecule has 1 heterocycles. The van der Waals surface area contributed by atoms with Gasteiger partial charge >= 0.3 is 0 Å². The summed E-state index contributed by atoms with van der Waals surface area (Å²) < 4.78 is 0. The predicted molar refractivity (Wildman–Crippen MR) is 64.0 cm³/mol. The largest absolute Gasteiger partial charge is 0.337 e. The number of carbonyl (C=O) groups is 1. The van der Waals surface area contributed by atoms with Gasteiger partial charge in [-0.1, -0.05) is 19.9 Å². The quantitative estimate of drug-likeness (QED) is 0.844. The van der Waals surface area contributed by atoms with Gasteiger partial charge < -0.3 is 5.32 Å². The molecular weight excluding hydrogens is 200 g/mol. The fourth-order valence-electron chi connectivity index (χ4n) is 2.02. The van der Waals surface area contributed by atoms with Crippen molar-refractivity contribution in [1.82, 2.24) is 4.98 Å². The molecule has 0 spiro atoms. The number of allylic oxidation sites excluding steroid dienone is 2. The van der Waals surface area contributed by atoms with Crippen LogP contribution in [-0.4, -0.2) is 10.8 Å². The molecule has 0 saturated heterocycles. The Kier molecular flexibility index (Phi) is 3.04. The van der Waals surface area contributed by atoms with Crippen LogP contribution in [0.3, 0.4) is 0 Å². The summed E-state index contributed by atoms with van der Waals surface area (Å²) in [5, 5.41) is 3.14. The van der Waals surface area contributed by atoms with Crippen molar-refractivity contribution in [3.05, 3.63) is 35.7 Å². The molecule has 1 aromatic heterocycles. The summed E-state index contributed by atoms with van der Waals surface area (Å²) >= 11 is 0. The molecule has 1 N–H and O–H groups in total. The highest BCUT2D eigenvalue weighted by Gasteiger charge is 2.28. The lowest BCUT2D eigenvalue weighted by molar-refractivity contribution is -0.117. The first kappa shape index (κ1) is 10.9. The van der Waals surface area contributed by atoms with Crippen molar-refractivity contribution in [2.75, 3.05) is 5.32 Å². The van der Waals surface area contributed by atoms with Crippen molar-refractivity contribution in [3.8, 4) is 0 Å². The zero-order valence-electron chi connectivity index (χ0n) is 9.66. The Labute approximate surface area is 95.6 Å². The normalized spacial score (nSPS) is 20.4. The van der Waals surface area contributed by atoms with Crippen molar-refractivity contribution in [2.24, 2.45) is 5.92 Å². The summed E-state index contributed by atoms with van der Waals surface area (Å²) in [5.41, 5.74) is 1.97. The molecule has 16 heavy (non-hydrogen) atoms. The summed E-state index contributed by atoms with van der Waals surface area (Å²) in [6.45, 7) is 4.06. The monoisotopic (exact) mass is 216 g/mol. The van der Waals surface area contributed by atoms with Gasteiger partial charge in [0.2, 0.25) is 0 Å². The lowest BCUT2D eigenvalue weighted by atomic mass is 10.1. The Morgan fingerprint density at radius 1 is 1.50 bits per heavy atom. The average molecular weight is 216 g/mol. The summed E-state index contributed by atoms with van der Waals surface area (Å²) in [6, 6.07) is 5.64. The maximum absolute atomic E-state index is 11.9. The molecule has 0 radical (unpaired) electrons. The van der Waals surface area contributed by atoms with Gasteiger partial charge in [0.25, 0.3) is 0 Å². The van der Waals surface area contributed by atoms with Gasteiger partial charge in [-0.2, -0.15) is 0 Å². The zero-order valence-corrected chi connectivity index (χ0v) is 9.66. The van der Waals surface area contributed by atoms with Crippen LogP contribution in [0, 0.1) is 5.92 Å². The highest BCUT2D eigenvalue weighted by atomic mass is 16.1. The van der Waals surface area contributed by atoms with Gasteiger partial charge in [-0.25, -0.2) is 4.98 Å². The van der Waals surface area contributed by atoms with Crippen LogP contribution in [0.4, 0.5) is 5.82 Å². The molecule has 0 bridgehead atoms. The summed E-state index contributed by atoms with van der Waals surface area (Å²) in [5.74, 6) is 1.06. The van der Waals surface area contributed by atoms with E-state index in [1.807, 2.05) is 25.1 Å². The van der Waals surface area contributed by atoms with E-state index in [0.717, 1.165) is 24.4 Å². The van der Waals surface area contributed by atoms with Crippen molar-refractivity contribution in [1.29, 1.82) is 0 Å². The topological polar surface area (TPSA) is 42.0 Å². The first-order valence-electron chi connectivity index (χ1n) is 5.66. The minimum atomic E-state index is 0.112. The number of Topliss-reactive ketones (excluding diaryl/α,β-unsaturated/α-hetero) is 1. The van der Waals surface area contributed by atoms with Crippen molar-refractivity contribution in [2.45, 2.75) is 26.7 Å². The minimum Gasteiger partial charge on any atom is -0.337 e. The molecule has 0 aromatic carbocycles. The first-order valence-corrected chi connectivity index (χ1v) is 5.66. The molecule has 0 unspecified atom stereocenters. The Morgan fingerprint density at radius 3 is 2.94 bits per heavy atom. The fourth-order valence-corrected chi connectivity index (χ4v) is 2.02. The molecule has 2 rings (SSSR count). The molecule has 3 nitrogen and oxygen atoms in total. The van der Waals surface area contributed by atoms with Gasteiger partial charge in [-0.3, -0.25) is 4.79 Å². The minimum absolute atomic E-state index is 0.112. The van der Waals surface area contributed by atoms with Gasteiger partial charge in [-0.15, -0.1) is 0 Å². The lowest BCUT2D eigenvalue weighted by Crippen LogP contribution is -2.13. The standard InChI is InChI=1S/C13H16N2O/c1-3-10-8-9(2)13(16)12(10)15-11-6-4-5-7-14-11/h4-7,9H,3,8H2,1-2H3,(H,14,15)/t9-/m1/s1. The van der Waals surface area contributed by atoms with Gasteiger partial charge in [0, 0.05) is 12.1 Å². The number of rotatable bonds is 3. The number of aromatic nitrogens is 1.